The van der Waals surface area contributed by atoms with E-state index in [1.807, 2.05) is 31.4 Å². The van der Waals surface area contributed by atoms with E-state index in [9.17, 15) is 13.2 Å². The zero-order chi connectivity index (χ0) is 20.2. The standard InChI is InChI=1S/C19H24N2O4S2/c1-13-10-17(7-9-19(13)26-4)25-18-8-6-16(20-27(5,23)24)11-15(18)12-21(3)14(2)22/h6-11,20H,12H2,1-5H3. The fourth-order valence-electron chi connectivity index (χ4n) is 2.49. The van der Waals surface area contributed by atoms with Gasteiger partial charge in [0.05, 0.1) is 6.26 Å². The summed E-state index contributed by atoms with van der Waals surface area (Å²) < 4.78 is 31.5. The number of benzene rings is 2. The number of rotatable bonds is 7. The molecule has 0 heterocycles. The van der Waals surface area contributed by atoms with Crippen molar-refractivity contribution in [2.45, 2.75) is 25.3 Å². The summed E-state index contributed by atoms with van der Waals surface area (Å²) >= 11 is 1.67. The molecule has 0 atom stereocenters. The minimum atomic E-state index is -3.40. The Morgan fingerprint density at radius 3 is 2.48 bits per heavy atom. The quantitative estimate of drug-likeness (QED) is 0.704. The Morgan fingerprint density at radius 2 is 1.93 bits per heavy atom. The van der Waals surface area contributed by atoms with Crippen LogP contribution in [0.15, 0.2) is 41.3 Å². The van der Waals surface area contributed by atoms with Crippen LogP contribution < -0.4 is 9.46 Å². The maximum Gasteiger partial charge on any atom is 0.229 e. The van der Waals surface area contributed by atoms with E-state index in [4.69, 9.17) is 4.74 Å². The molecule has 1 N–H and O–H groups in total. The van der Waals surface area contributed by atoms with Gasteiger partial charge in [0.25, 0.3) is 0 Å². The number of carbonyl (C=O) groups is 1. The second-order valence-corrected chi connectivity index (χ2v) is 8.90. The van der Waals surface area contributed by atoms with Crippen LogP contribution in [0.25, 0.3) is 0 Å². The monoisotopic (exact) mass is 408 g/mol. The number of anilines is 1. The van der Waals surface area contributed by atoms with Crippen molar-refractivity contribution in [1.29, 1.82) is 0 Å². The smallest absolute Gasteiger partial charge is 0.229 e. The van der Waals surface area contributed by atoms with Crippen molar-refractivity contribution in [3.63, 3.8) is 0 Å². The summed E-state index contributed by atoms with van der Waals surface area (Å²) in [7, 11) is -1.72. The van der Waals surface area contributed by atoms with Crippen LogP contribution in [-0.4, -0.2) is 38.8 Å². The molecule has 27 heavy (non-hydrogen) atoms. The van der Waals surface area contributed by atoms with Gasteiger partial charge in [0.15, 0.2) is 0 Å². The predicted octanol–water partition coefficient (Wildman–Crippen LogP) is 3.86. The molecule has 0 spiro atoms. The van der Waals surface area contributed by atoms with Gasteiger partial charge in [-0.2, -0.15) is 0 Å². The highest BCUT2D eigenvalue weighted by molar-refractivity contribution is 7.98. The lowest BCUT2D eigenvalue weighted by molar-refractivity contribution is -0.128. The average molecular weight is 409 g/mol. The van der Waals surface area contributed by atoms with Crippen molar-refractivity contribution in [2.24, 2.45) is 0 Å². The highest BCUT2D eigenvalue weighted by Gasteiger charge is 2.13. The summed E-state index contributed by atoms with van der Waals surface area (Å²) in [5, 5.41) is 0. The van der Waals surface area contributed by atoms with E-state index in [2.05, 4.69) is 4.72 Å². The number of hydrogen-bond donors (Lipinski definition) is 1. The maximum absolute atomic E-state index is 11.6. The van der Waals surface area contributed by atoms with Gasteiger partial charge in [0.2, 0.25) is 15.9 Å². The third-order valence-corrected chi connectivity index (χ3v) is 5.41. The van der Waals surface area contributed by atoms with Gasteiger partial charge in [-0.3, -0.25) is 9.52 Å². The van der Waals surface area contributed by atoms with Crippen LogP contribution in [0.2, 0.25) is 0 Å². The van der Waals surface area contributed by atoms with E-state index < -0.39 is 10.0 Å². The maximum atomic E-state index is 11.6. The van der Waals surface area contributed by atoms with Gasteiger partial charge < -0.3 is 9.64 Å². The normalized spacial score (nSPS) is 11.1. The third kappa shape index (κ3) is 6.18. The lowest BCUT2D eigenvalue weighted by atomic mass is 10.1. The Morgan fingerprint density at radius 1 is 1.22 bits per heavy atom. The van der Waals surface area contributed by atoms with Crippen molar-refractivity contribution in [2.75, 3.05) is 24.3 Å². The zero-order valence-electron chi connectivity index (χ0n) is 16.1. The Bertz CT molecular complexity index is 943. The highest BCUT2D eigenvalue weighted by atomic mass is 32.2. The molecule has 0 fully saturated rings. The molecule has 1 amide bonds. The lowest BCUT2D eigenvalue weighted by Crippen LogP contribution is -2.23. The Kier molecular flexibility index (Phi) is 6.78. The highest BCUT2D eigenvalue weighted by Crippen LogP contribution is 2.31. The molecular weight excluding hydrogens is 384 g/mol. The number of aryl methyl sites for hydroxylation is 1. The molecule has 2 aromatic rings. The predicted molar refractivity (Wildman–Crippen MR) is 110 cm³/mol. The van der Waals surface area contributed by atoms with Crippen molar-refractivity contribution in [3.8, 4) is 11.5 Å². The fourth-order valence-corrected chi connectivity index (χ4v) is 3.63. The SMILES string of the molecule is CSc1ccc(Oc2ccc(NS(C)(=O)=O)cc2CN(C)C(C)=O)cc1C. The topological polar surface area (TPSA) is 75.7 Å². The molecule has 0 aromatic heterocycles. The zero-order valence-corrected chi connectivity index (χ0v) is 17.7. The summed E-state index contributed by atoms with van der Waals surface area (Å²) in [6.07, 6.45) is 3.11. The van der Waals surface area contributed by atoms with Crippen molar-refractivity contribution in [3.05, 3.63) is 47.5 Å². The van der Waals surface area contributed by atoms with Gasteiger partial charge >= 0.3 is 0 Å². The number of ether oxygens (including phenoxy) is 1. The molecular formula is C19H24N2O4S2. The van der Waals surface area contributed by atoms with Gasteiger partial charge in [-0.25, -0.2) is 8.42 Å². The molecule has 8 heteroatoms. The van der Waals surface area contributed by atoms with Gasteiger partial charge in [-0.1, -0.05) is 0 Å². The number of nitrogens with one attached hydrogen (secondary N) is 1. The largest absolute Gasteiger partial charge is 0.457 e. The first-order valence-corrected chi connectivity index (χ1v) is 11.4. The molecule has 2 rings (SSSR count). The molecule has 0 radical (unpaired) electrons. The number of sulfonamides is 1. The van der Waals surface area contributed by atoms with Crippen molar-refractivity contribution >= 4 is 33.4 Å². The van der Waals surface area contributed by atoms with Gasteiger partial charge in [-0.05, 0) is 55.1 Å². The van der Waals surface area contributed by atoms with E-state index in [1.54, 1.807) is 37.0 Å². The van der Waals surface area contributed by atoms with Crippen LogP contribution in [0.1, 0.15) is 18.1 Å². The molecule has 0 aliphatic carbocycles. The van der Waals surface area contributed by atoms with E-state index in [0.29, 0.717) is 29.3 Å². The Hall–Kier alpha value is -2.19. The number of hydrogen-bond acceptors (Lipinski definition) is 5. The van der Waals surface area contributed by atoms with Crippen LogP contribution in [0.3, 0.4) is 0 Å². The van der Waals surface area contributed by atoms with Crippen LogP contribution in [0.4, 0.5) is 5.69 Å². The first-order valence-electron chi connectivity index (χ1n) is 8.24. The number of nitrogens with zero attached hydrogens (tertiary/aromatic N) is 1. The molecule has 0 unspecified atom stereocenters. The molecule has 0 aliphatic heterocycles. The minimum Gasteiger partial charge on any atom is -0.457 e. The minimum absolute atomic E-state index is 0.0948. The summed E-state index contributed by atoms with van der Waals surface area (Å²) in [5.41, 5.74) is 2.23. The van der Waals surface area contributed by atoms with Crippen molar-refractivity contribution in [1.82, 2.24) is 4.90 Å². The van der Waals surface area contributed by atoms with E-state index >= 15 is 0 Å². The second-order valence-electron chi connectivity index (χ2n) is 6.31. The second kappa shape index (κ2) is 8.67. The summed E-state index contributed by atoms with van der Waals surface area (Å²) in [6, 6.07) is 10.9. The van der Waals surface area contributed by atoms with Gasteiger partial charge in [-0.15, -0.1) is 11.8 Å². The van der Waals surface area contributed by atoms with Gasteiger partial charge in [0, 0.05) is 36.7 Å². The molecule has 2 aromatic carbocycles. The van der Waals surface area contributed by atoms with Crippen LogP contribution in [-0.2, 0) is 21.4 Å². The third-order valence-electron chi connectivity index (χ3n) is 3.90. The molecule has 0 aliphatic rings. The molecule has 146 valence electrons. The fraction of sp³-hybridized carbons (Fsp3) is 0.316. The van der Waals surface area contributed by atoms with Crippen molar-refractivity contribution < 1.29 is 17.9 Å². The number of carbonyl (C=O) groups excluding carboxylic acids is 1. The molecule has 0 bridgehead atoms. The van der Waals surface area contributed by atoms with Crippen LogP contribution >= 0.6 is 11.8 Å². The van der Waals surface area contributed by atoms with Crippen LogP contribution in [0.5, 0.6) is 11.5 Å². The Balaban J connectivity index is 2.38. The first kappa shape index (κ1) is 21.1. The summed E-state index contributed by atoms with van der Waals surface area (Å²) in [4.78, 5) is 14.3. The Labute approximate surface area is 165 Å². The molecule has 0 saturated heterocycles. The molecule has 0 saturated carbocycles. The number of amides is 1. The first-order chi connectivity index (χ1) is 12.6. The summed E-state index contributed by atoms with van der Waals surface area (Å²) in [5.74, 6) is 1.15. The summed E-state index contributed by atoms with van der Waals surface area (Å²) in [6.45, 7) is 3.79. The van der Waals surface area contributed by atoms with E-state index in [1.165, 1.54) is 16.7 Å². The van der Waals surface area contributed by atoms with Crippen LogP contribution in [0, 0.1) is 6.92 Å². The average Bonchev–Trinajstić information content (AvgIpc) is 2.56. The lowest BCUT2D eigenvalue weighted by Gasteiger charge is -2.19. The van der Waals surface area contributed by atoms with Gasteiger partial charge in [0.1, 0.15) is 11.5 Å². The van der Waals surface area contributed by atoms with E-state index in [0.717, 1.165) is 11.8 Å². The molecule has 6 nitrogen and oxygen atoms in total. The number of thioether (sulfide) groups is 1. The van der Waals surface area contributed by atoms with E-state index in [-0.39, 0.29) is 5.91 Å².